The average molecular weight is 329 g/mol. The van der Waals surface area contributed by atoms with Crippen LogP contribution >= 0.6 is 0 Å². The topological polar surface area (TPSA) is 72.3 Å². The molecule has 2 unspecified atom stereocenters. The Hall–Kier alpha value is -2.57. The van der Waals surface area contributed by atoms with Gasteiger partial charge in [-0.2, -0.15) is 0 Å². The Morgan fingerprint density at radius 3 is 3.00 bits per heavy atom. The second kappa shape index (κ2) is 6.90. The molecule has 1 N–H and O–H groups in total. The molecule has 7 nitrogen and oxygen atoms in total. The number of amides is 2. The standard InChI is InChI=1S/C17H23N5O2/c1-12(16-20-18-11-21(16)2)19-17(23)22-9-5-8-15(22)13-6-4-7-14(10-13)24-3/h4,6-7,10-12,15H,5,8-9H2,1-3H3,(H,19,23). The van der Waals surface area contributed by atoms with Gasteiger partial charge in [-0.1, -0.05) is 12.1 Å². The third-order valence-electron chi connectivity index (χ3n) is 4.47. The predicted octanol–water partition coefficient (Wildman–Crippen LogP) is 2.43. The Balaban J connectivity index is 1.72. The molecule has 2 heterocycles. The highest BCUT2D eigenvalue weighted by Crippen LogP contribution is 2.33. The van der Waals surface area contributed by atoms with Crippen LogP contribution in [0.3, 0.4) is 0 Å². The fourth-order valence-electron chi connectivity index (χ4n) is 3.22. The van der Waals surface area contributed by atoms with Gasteiger partial charge in [0, 0.05) is 13.6 Å². The van der Waals surface area contributed by atoms with Gasteiger partial charge in [0.05, 0.1) is 19.2 Å². The summed E-state index contributed by atoms with van der Waals surface area (Å²) in [7, 11) is 3.52. The lowest BCUT2D eigenvalue weighted by Gasteiger charge is -2.27. The van der Waals surface area contributed by atoms with Crippen LogP contribution in [0.4, 0.5) is 4.79 Å². The summed E-state index contributed by atoms with van der Waals surface area (Å²) in [6.07, 6.45) is 3.58. The van der Waals surface area contributed by atoms with E-state index in [9.17, 15) is 4.79 Å². The lowest BCUT2D eigenvalue weighted by atomic mass is 10.0. The van der Waals surface area contributed by atoms with Gasteiger partial charge >= 0.3 is 6.03 Å². The molecule has 1 aromatic heterocycles. The number of hydrogen-bond acceptors (Lipinski definition) is 4. The summed E-state index contributed by atoms with van der Waals surface area (Å²) in [5, 5.41) is 10.9. The largest absolute Gasteiger partial charge is 0.497 e. The maximum absolute atomic E-state index is 12.7. The molecule has 0 bridgehead atoms. The van der Waals surface area contributed by atoms with Gasteiger partial charge in [0.1, 0.15) is 12.1 Å². The average Bonchev–Trinajstić information content (AvgIpc) is 3.23. The molecular weight excluding hydrogens is 306 g/mol. The summed E-state index contributed by atoms with van der Waals surface area (Å²) in [5.74, 6) is 1.55. The molecule has 1 aliphatic rings. The predicted molar refractivity (Wildman–Crippen MR) is 89.6 cm³/mol. The molecule has 1 aromatic carbocycles. The van der Waals surface area contributed by atoms with Crippen molar-refractivity contribution in [1.82, 2.24) is 25.0 Å². The van der Waals surface area contributed by atoms with E-state index in [1.54, 1.807) is 13.4 Å². The van der Waals surface area contributed by atoms with Gasteiger partial charge in [-0.15, -0.1) is 10.2 Å². The van der Waals surface area contributed by atoms with Crippen molar-refractivity contribution in [3.8, 4) is 5.75 Å². The minimum Gasteiger partial charge on any atom is -0.497 e. The van der Waals surface area contributed by atoms with Gasteiger partial charge < -0.3 is 19.5 Å². The molecule has 24 heavy (non-hydrogen) atoms. The second-order valence-corrected chi connectivity index (χ2v) is 6.10. The monoisotopic (exact) mass is 329 g/mol. The third-order valence-corrected chi connectivity index (χ3v) is 4.47. The number of urea groups is 1. The molecule has 2 atom stereocenters. The van der Waals surface area contributed by atoms with E-state index in [4.69, 9.17) is 4.74 Å². The fourth-order valence-corrected chi connectivity index (χ4v) is 3.22. The van der Waals surface area contributed by atoms with Gasteiger partial charge in [-0.25, -0.2) is 4.79 Å². The van der Waals surface area contributed by atoms with Crippen LogP contribution < -0.4 is 10.1 Å². The van der Waals surface area contributed by atoms with Crippen molar-refractivity contribution in [2.24, 2.45) is 7.05 Å². The fraction of sp³-hybridized carbons (Fsp3) is 0.471. The van der Waals surface area contributed by atoms with Crippen LogP contribution in [0.5, 0.6) is 5.75 Å². The highest BCUT2D eigenvalue weighted by atomic mass is 16.5. The summed E-state index contributed by atoms with van der Waals surface area (Å²) in [6.45, 7) is 2.66. The van der Waals surface area contributed by atoms with Gasteiger partial charge in [0.15, 0.2) is 5.82 Å². The zero-order valence-corrected chi connectivity index (χ0v) is 14.3. The molecule has 128 valence electrons. The molecule has 1 aliphatic heterocycles. The van der Waals surface area contributed by atoms with E-state index >= 15 is 0 Å². The van der Waals surface area contributed by atoms with E-state index in [0.717, 1.165) is 36.5 Å². The molecule has 3 rings (SSSR count). The van der Waals surface area contributed by atoms with Gasteiger partial charge in [-0.3, -0.25) is 0 Å². The van der Waals surface area contributed by atoms with Gasteiger partial charge in [0.2, 0.25) is 0 Å². The minimum atomic E-state index is -0.198. The number of nitrogens with zero attached hydrogens (tertiary/aromatic N) is 4. The van der Waals surface area contributed by atoms with Crippen molar-refractivity contribution in [2.75, 3.05) is 13.7 Å². The van der Waals surface area contributed by atoms with E-state index in [-0.39, 0.29) is 18.1 Å². The molecule has 2 amide bonds. The van der Waals surface area contributed by atoms with E-state index in [0.29, 0.717) is 0 Å². The van der Waals surface area contributed by atoms with E-state index in [1.165, 1.54) is 0 Å². The maximum Gasteiger partial charge on any atom is 0.318 e. The number of rotatable bonds is 4. The zero-order chi connectivity index (χ0) is 17.1. The van der Waals surface area contributed by atoms with Crippen LogP contribution in [-0.4, -0.2) is 39.4 Å². The van der Waals surface area contributed by atoms with Crippen molar-refractivity contribution in [3.05, 3.63) is 42.0 Å². The minimum absolute atomic E-state index is 0.0733. The SMILES string of the molecule is COc1cccc(C2CCCN2C(=O)NC(C)c2nncn2C)c1. The Morgan fingerprint density at radius 2 is 2.29 bits per heavy atom. The highest BCUT2D eigenvalue weighted by Gasteiger charge is 2.31. The van der Waals surface area contributed by atoms with Crippen LogP contribution in [0.25, 0.3) is 0 Å². The number of methoxy groups -OCH3 is 1. The van der Waals surface area contributed by atoms with Gasteiger partial charge in [0.25, 0.3) is 0 Å². The highest BCUT2D eigenvalue weighted by molar-refractivity contribution is 5.75. The summed E-state index contributed by atoms with van der Waals surface area (Å²) in [6, 6.07) is 7.73. The van der Waals surface area contributed by atoms with Crippen molar-refractivity contribution >= 4 is 6.03 Å². The van der Waals surface area contributed by atoms with Crippen molar-refractivity contribution in [1.29, 1.82) is 0 Å². The first-order chi connectivity index (χ1) is 11.6. The Kier molecular flexibility index (Phi) is 4.69. The third kappa shape index (κ3) is 3.20. The Morgan fingerprint density at radius 1 is 1.46 bits per heavy atom. The van der Waals surface area contributed by atoms with Crippen LogP contribution in [0.1, 0.15) is 43.2 Å². The molecule has 0 radical (unpaired) electrons. The van der Waals surface area contributed by atoms with Crippen LogP contribution in [0.2, 0.25) is 0 Å². The number of hydrogen-bond donors (Lipinski definition) is 1. The Bertz CT molecular complexity index is 715. The maximum atomic E-state index is 12.7. The molecule has 1 fully saturated rings. The van der Waals surface area contributed by atoms with E-state index in [1.807, 2.05) is 47.7 Å². The van der Waals surface area contributed by atoms with Gasteiger partial charge in [-0.05, 0) is 37.5 Å². The number of nitrogens with one attached hydrogen (secondary N) is 1. The molecule has 7 heteroatoms. The van der Waals surface area contributed by atoms with Crippen molar-refractivity contribution < 1.29 is 9.53 Å². The molecule has 0 saturated carbocycles. The molecular formula is C17H23N5O2. The molecule has 0 spiro atoms. The molecule has 1 saturated heterocycles. The number of aryl methyl sites for hydroxylation is 1. The summed E-state index contributed by atoms with van der Waals surface area (Å²) < 4.78 is 7.11. The van der Waals surface area contributed by atoms with Crippen LogP contribution in [0, 0.1) is 0 Å². The first-order valence-electron chi connectivity index (χ1n) is 8.15. The first kappa shape index (κ1) is 16.3. The van der Waals surface area contributed by atoms with Crippen LogP contribution in [-0.2, 0) is 7.05 Å². The van der Waals surface area contributed by atoms with E-state index in [2.05, 4.69) is 15.5 Å². The van der Waals surface area contributed by atoms with Crippen LogP contribution in [0.15, 0.2) is 30.6 Å². The number of benzene rings is 1. The first-order valence-corrected chi connectivity index (χ1v) is 8.15. The lowest BCUT2D eigenvalue weighted by Crippen LogP contribution is -2.41. The number of aromatic nitrogens is 3. The zero-order valence-electron chi connectivity index (χ0n) is 14.3. The van der Waals surface area contributed by atoms with Crippen molar-refractivity contribution in [3.63, 3.8) is 0 Å². The number of carbonyl (C=O) groups is 1. The molecule has 0 aliphatic carbocycles. The lowest BCUT2D eigenvalue weighted by molar-refractivity contribution is 0.189. The number of likely N-dealkylation sites (tertiary alicyclic amines) is 1. The molecule has 2 aromatic rings. The summed E-state index contributed by atoms with van der Waals surface area (Å²) in [4.78, 5) is 14.6. The number of ether oxygens (including phenoxy) is 1. The van der Waals surface area contributed by atoms with Crippen molar-refractivity contribution in [2.45, 2.75) is 31.8 Å². The smallest absolute Gasteiger partial charge is 0.318 e. The number of carbonyl (C=O) groups excluding carboxylic acids is 1. The summed E-state index contributed by atoms with van der Waals surface area (Å²) >= 11 is 0. The quantitative estimate of drug-likeness (QED) is 0.935. The summed E-state index contributed by atoms with van der Waals surface area (Å²) in [5.41, 5.74) is 1.10. The second-order valence-electron chi connectivity index (χ2n) is 6.10. The Labute approximate surface area is 141 Å². The van der Waals surface area contributed by atoms with E-state index < -0.39 is 0 Å². The normalized spacial score (nSPS) is 18.5.